The van der Waals surface area contributed by atoms with Crippen molar-refractivity contribution in [2.75, 3.05) is 18.5 Å². The van der Waals surface area contributed by atoms with Crippen molar-refractivity contribution in [1.82, 2.24) is 4.98 Å². The van der Waals surface area contributed by atoms with Gasteiger partial charge < -0.3 is 20.7 Å². The van der Waals surface area contributed by atoms with Crippen LogP contribution in [0, 0.1) is 5.92 Å². The van der Waals surface area contributed by atoms with Gasteiger partial charge in [0.1, 0.15) is 10.8 Å². The molecule has 1 aromatic rings. The van der Waals surface area contributed by atoms with Gasteiger partial charge in [0.25, 0.3) is 0 Å². The van der Waals surface area contributed by atoms with Gasteiger partial charge in [0.05, 0.1) is 17.7 Å². The summed E-state index contributed by atoms with van der Waals surface area (Å²) in [6.45, 7) is 4.08. The van der Waals surface area contributed by atoms with E-state index < -0.39 is 11.6 Å². The molecule has 1 fully saturated rings. The fourth-order valence-corrected chi connectivity index (χ4v) is 3.32. The van der Waals surface area contributed by atoms with E-state index in [2.05, 4.69) is 10.3 Å². The molecular formula is C12H19N3O4S. The van der Waals surface area contributed by atoms with Gasteiger partial charge >= 0.3 is 6.09 Å². The third-order valence-electron chi connectivity index (χ3n) is 3.53. The third-order valence-corrected chi connectivity index (χ3v) is 4.56. The van der Waals surface area contributed by atoms with Crippen LogP contribution in [0.3, 0.4) is 0 Å². The van der Waals surface area contributed by atoms with Crippen molar-refractivity contribution in [1.29, 1.82) is 0 Å². The molecule has 0 radical (unpaired) electrons. The van der Waals surface area contributed by atoms with Crippen LogP contribution in [0.1, 0.15) is 25.3 Å². The van der Waals surface area contributed by atoms with E-state index in [1.807, 2.05) is 13.8 Å². The Hall–Kier alpha value is -1.22. The van der Waals surface area contributed by atoms with Crippen molar-refractivity contribution >= 4 is 23.2 Å². The fourth-order valence-electron chi connectivity index (χ4n) is 2.39. The predicted molar refractivity (Wildman–Crippen MR) is 74.9 cm³/mol. The molecule has 2 heterocycles. The highest BCUT2D eigenvalue weighted by atomic mass is 32.1. The van der Waals surface area contributed by atoms with Crippen LogP contribution in [0.4, 0.5) is 10.6 Å². The number of amides is 1. The van der Waals surface area contributed by atoms with E-state index in [0.29, 0.717) is 11.4 Å². The van der Waals surface area contributed by atoms with Crippen LogP contribution >= 0.6 is 11.3 Å². The van der Waals surface area contributed by atoms with Gasteiger partial charge in [-0.05, 0) is 20.3 Å². The standard InChI is InChI=1S/C12H19N3O4S/c1-11(2)3-7(4-16)12(13,6-19-11)9-14-8(5-20-9)15-10(17)18/h5,7,15-16H,3-4,6,13H2,1-2H3,(H,17,18)/t7-,12-/m0/s1. The van der Waals surface area contributed by atoms with Crippen LogP contribution in [0.15, 0.2) is 5.38 Å². The van der Waals surface area contributed by atoms with Crippen molar-refractivity contribution in [3.8, 4) is 0 Å². The van der Waals surface area contributed by atoms with Gasteiger partial charge in [0.2, 0.25) is 0 Å². The van der Waals surface area contributed by atoms with E-state index in [4.69, 9.17) is 15.6 Å². The quantitative estimate of drug-likeness (QED) is 0.666. The number of thiazole rings is 1. The number of aliphatic hydroxyl groups is 1. The van der Waals surface area contributed by atoms with Crippen molar-refractivity contribution in [2.24, 2.45) is 11.7 Å². The summed E-state index contributed by atoms with van der Waals surface area (Å²) in [5.41, 5.74) is 5.16. The Kier molecular flexibility index (Phi) is 4.01. The molecule has 2 atom stereocenters. The van der Waals surface area contributed by atoms with Gasteiger partial charge in [0.15, 0.2) is 0 Å². The zero-order chi connectivity index (χ0) is 15.0. The molecule has 1 aromatic heterocycles. The first-order chi connectivity index (χ1) is 9.27. The van der Waals surface area contributed by atoms with Crippen LogP contribution in [-0.2, 0) is 10.3 Å². The SMILES string of the molecule is CC1(C)C[C@@H](CO)[C@](N)(c2nc(NC(=O)O)cs2)CO1. The lowest BCUT2D eigenvalue weighted by atomic mass is 9.76. The number of nitrogens with two attached hydrogens (primary N) is 1. The highest BCUT2D eigenvalue weighted by Crippen LogP contribution is 2.41. The summed E-state index contributed by atoms with van der Waals surface area (Å²) < 4.78 is 5.75. The first-order valence-electron chi connectivity index (χ1n) is 6.26. The lowest BCUT2D eigenvalue weighted by molar-refractivity contribution is -0.124. The summed E-state index contributed by atoms with van der Waals surface area (Å²) in [6.07, 6.45) is -0.561. The molecule has 20 heavy (non-hydrogen) atoms. The highest BCUT2D eigenvalue weighted by Gasteiger charge is 2.47. The number of carboxylic acid groups (broad SMARTS) is 1. The molecule has 0 aliphatic carbocycles. The van der Waals surface area contributed by atoms with Gasteiger partial charge in [-0.3, -0.25) is 5.32 Å². The van der Waals surface area contributed by atoms with E-state index >= 15 is 0 Å². The average molecular weight is 301 g/mol. The number of hydrogen-bond acceptors (Lipinski definition) is 6. The molecule has 2 rings (SSSR count). The molecule has 5 N–H and O–H groups in total. The van der Waals surface area contributed by atoms with Crippen molar-refractivity contribution in [3.63, 3.8) is 0 Å². The van der Waals surface area contributed by atoms with E-state index in [9.17, 15) is 9.90 Å². The minimum atomic E-state index is -1.17. The number of nitrogens with one attached hydrogen (secondary N) is 1. The molecule has 1 aliphatic heterocycles. The summed E-state index contributed by atoms with van der Waals surface area (Å²) in [6, 6.07) is 0. The van der Waals surface area contributed by atoms with Gasteiger partial charge in [-0.2, -0.15) is 0 Å². The Balaban J connectivity index is 2.24. The number of carbonyl (C=O) groups is 1. The zero-order valence-corrected chi connectivity index (χ0v) is 12.2. The summed E-state index contributed by atoms with van der Waals surface area (Å²) >= 11 is 1.26. The number of anilines is 1. The lowest BCUT2D eigenvalue weighted by Crippen LogP contribution is -2.57. The summed E-state index contributed by atoms with van der Waals surface area (Å²) in [7, 11) is 0. The number of aromatic nitrogens is 1. The zero-order valence-electron chi connectivity index (χ0n) is 11.4. The second-order valence-corrected chi connectivity index (χ2v) is 6.50. The second kappa shape index (κ2) is 5.28. The maximum atomic E-state index is 10.6. The van der Waals surface area contributed by atoms with Crippen molar-refractivity contribution in [3.05, 3.63) is 10.4 Å². The van der Waals surface area contributed by atoms with Gasteiger partial charge in [0, 0.05) is 17.9 Å². The molecule has 0 spiro atoms. The summed E-state index contributed by atoms with van der Waals surface area (Å²) in [4.78, 5) is 14.8. The molecule has 1 aliphatic rings. The molecule has 7 nitrogen and oxygen atoms in total. The second-order valence-electron chi connectivity index (χ2n) is 5.64. The molecule has 0 saturated carbocycles. The van der Waals surface area contributed by atoms with Crippen LogP contribution in [0.25, 0.3) is 0 Å². The van der Waals surface area contributed by atoms with Crippen LogP contribution in [-0.4, -0.2) is 40.1 Å². The number of aliphatic hydroxyl groups excluding tert-OH is 1. The molecule has 1 amide bonds. The van der Waals surface area contributed by atoms with E-state index in [0.717, 1.165) is 0 Å². The molecular weight excluding hydrogens is 282 g/mol. The first kappa shape index (κ1) is 15.2. The largest absolute Gasteiger partial charge is 0.465 e. The molecule has 0 bridgehead atoms. The molecule has 1 saturated heterocycles. The summed E-state index contributed by atoms with van der Waals surface area (Å²) in [5, 5.41) is 22.6. The maximum absolute atomic E-state index is 10.6. The Morgan fingerprint density at radius 2 is 2.40 bits per heavy atom. The minimum absolute atomic E-state index is 0.0649. The Morgan fingerprint density at radius 3 is 3.00 bits per heavy atom. The topological polar surface area (TPSA) is 118 Å². The monoisotopic (exact) mass is 301 g/mol. The average Bonchev–Trinajstić information content (AvgIpc) is 2.80. The minimum Gasteiger partial charge on any atom is -0.465 e. The van der Waals surface area contributed by atoms with Gasteiger partial charge in [-0.1, -0.05) is 0 Å². The number of hydrogen-bond donors (Lipinski definition) is 4. The predicted octanol–water partition coefficient (Wildman–Crippen LogP) is 1.19. The molecule has 0 unspecified atom stereocenters. The maximum Gasteiger partial charge on any atom is 0.410 e. The Morgan fingerprint density at radius 1 is 1.70 bits per heavy atom. The van der Waals surface area contributed by atoms with Crippen LogP contribution in [0.5, 0.6) is 0 Å². The van der Waals surface area contributed by atoms with Crippen molar-refractivity contribution < 1.29 is 19.7 Å². The third kappa shape index (κ3) is 2.93. The lowest BCUT2D eigenvalue weighted by Gasteiger charge is -2.45. The number of rotatable bonds is 3. The normalized spacial score (nSPS) is 29.1. The molecule has 8 heteroatoms. The fraction of sp³-hybridized carbons (Fsp3) is 0.667. The van der Waals surface area contributed by atoms with Gasteiger partial charge in [-0.15, -0.1) is 11.3 Å². The van der Waals surface area contributed by atoms with Crippen LogP contribution < -0.4 is 11.1 Å². The smallest absolute Gasteiger partial charge is 0.410 e. The van der Waals surface area contributed by atoms with E-state index in [1.54, 1.807) is 5.38 Å². The Labute approximate surface area is 120 Å². The number of nitrogens with zero attached hydrogens (tertiary/aromatic N) is 1. The highest BCUT2D eigenvalue weighted by molar-refractivity contribution is 7.10. The molecule has 0 aromatic carbocycles. The first-order valence-corrected chi connectivity index (χ1v) is 7.14. The van der Waals surface area contributed by atoms with E-state index in [-0.39, 0.29) is 30.6 Å². The molecule has 112 valence electrons. The van der Waals surface area contributed by atoms with E-state index in [1.165, 1.54) is 11.3 Å². The number of ether oxygens (including phenoxy) is 1. The van der Waals surface area contributed by atoms with Crippen LogP contribution in [0.2, 0.25) is 0 Å². The summed E-state index contributed by atoms with van der Waals surface area (Å²) in [5.74, 6) is 0.0546. The Bertz CT molecular complexity index is 505. The van der Waals surface area contributed by atoms with Gasteiger partial charge in [-0.25, -0.2) is 9.78 Å². The van der Waals surface area contributed by atoms with Crippen molar-refractivity contribution in [2.45, 2.75) is 31.4 Å².